The van der Waals surface area contributed by atoms with Gasteiger partial charge in [0.25, 0.3) is 0 Å². The molecule has 2 N–H and O–H groups in total. The molecule has 9 heteroatoms. The van der Waals surface area contributed by atoms with Crippen molar-refractivity contribution in [2.75, 3.05) is 0 Å². The minimum atomic E-state index is -4.63. The Morgan fingerprint density at radius 1 is 1.17 bits per heavy atom. The second-order valence-electron chi connectivity index (χ2n) is 7.17. The fraction of sp³-hybridized carbons (Fsp3) is 0.400. The highest BCUT2D eigenvalue weighted by molar-refractivity contribution is 7.89. The molecule has 1 aliphatic rings. The standard InChI is InChI=1S/C20H21ClF3NO3S/c21-15-5-8-17(9-6-15)29(27,28)25-16-7-10-18-13(2-1-3-14(18)12-16)4-11-19(26)20(22,23)24/h1-3,5-6,8-9,16,19,25-26H,4,7,10-12H2/t16-,19-/m1/s1. The molecule has 0 radical (unpaired) electrons. The number of nitrogens with one attached hydrogen (secondary N) is 1. The molecule has 0 saturated carbocycles. The molecule has 0 unspecified atom stereocenters. The zero-order chi connectivity index (χ0) is 21.2. The van der Waals surface area contributed by atoms with Crippen LogP contribution < -0.4 is 4.72 Å². The number of rotatable bonds is 6. The maximum Gasteiger partial charge on any atom is 0.414 e. The largest absolute Gasteiger partial charge is 0.414 e. The first-order valence-electron chi connectivity index (χ1n) is 9.18. The molecule has 2 aromatic rings. The summed E-state index contributed by atoms with van der Waals surface area (Å²) < 4.78 is 65.5. The molecule has 0 aliphatic heterocycles. The van der Waals surface area contributed by atoms with E-state index in [-0.39, 0.29) is 17.4 Å². The molecule has 0 bridgehead atoms. The SMILES string of the molecule is O=S(=O)(N[C@@H]1CCc2c(CC[C@@H](O)C(F)(F)F)cccc2C1)c1ccc(Cl)cc1. The third-order valence-electron chi connectivity index (χ3n) is 5.09. The summed E-state index contributed by atoms with van der Waals surface area (Å²) in [6.45, 7) is 0. The number of alkyl halides is 3. The van der Waals surface area contributed by atoms with Crippen LogP contribution in [0.4, 0.5) is 13.2 Å². The van der Waals surface area contributed by atoms with Crippen molar-refractivity contribution in [2.45, 2.75) is 55.3 Å². The van der Waals surface area contributed by atoms with E-state index >= 15 is 0 Å². The van der Waals surface area contributed by atoms with Crippen LogP contribution in [0.1, 0.15) is 29.5 Å². The summed E-state index contributed by atoms with van der Waals surface area (Å²) in [7, 11) is -3.69. The van der Waals surface area contributed by atoms with E-state index < -0.39 is 28.7 Å². The minimum absolute atomic E-state index is 0.116. The molecule has 29 heavy (non-hydrogen) atoms. The van der Waals surface area contributed by atoms with Crippen LogP contribution in [0.3, 0.4) is 0 Å². The molecule has 4 nitrogen and oxygen atoms in total. The monoisotopic (exact) mass is 447 g/mol. The lowest BCUT2D eigenvalue weighted by atomic mass is 9.84. The van der Waals surface area contributed by atoms with Crippen LogP contribution in [0, 0.1) is 0 Å². The second kappa shape index (κ2) is 8.63. The number of hydrogen-bond acceptors (Lipinski definition) is 3. The highest BCUT2D eigenvalue weighted by Crippen LogP contribution is 2.29. The van der Waals surface area contributed by atoms with Gasteiger partial charge in [-0.15, -0.1) is 0 Å². The highest BCUT2D eigenvalue weighted by Gasteiger charge is 2.37. The number of fused-ring (bicyclic) bond motifs is 1. The van der Waals surface area contributed by atoms with E-state index in [4.69, 9.17) is 11.6 Å². The number of aliphatic hydroxyl groups is 1. The summed E-state index contributed by atoms with van der Waals surface area (Å²) >= 11 is 5.80. The first-order chi connectivity index (χ1) is 13.6. The molecule has 1 aliphatic carbocycles. The smallest absolute Gasteiger partial charge is 0.384 e. The highest BCUT2D eigenvalue weighted by atomic mass is 35.5. The predicted octanol–water partition coefficient (Wildman–Crippen LogP) is 4.03. The van der Waals surface area contributed by atoms with Gasteiger partial charge < -0.3 is 5.11 Å². The summed E-state index contributed by atoms with van der Waals surface area (Å²) in [5.74, 6) is 0. The Morgan fingerprint density at radius 2 is 1.86 bits per heavy atom. The maximum absolute atomic E-state index is 12.6. The maximum atomic E-state index is 12.6. The molecule has 2 aromatic carbocycles. The second-order valence-corrected chi connectivity index (χ2v) is 9.32. The van der Waals surface area contributed by atoms with Gasteiger partial charge in [-0.25, -0.2) is 13.1 Å². The molecule has 0 fully saturated rings. The Labute approximate surface area is 172 Å². The van der Waals surface area contributed by atoms with Crippen LogP contribution in [0.15, 0.2) is 47.4 Å². The van der Waals surface area contributed by atoms with Crippen LogP contribution in [-0.4, -0.2) is 31.8 Å². The van der Waals surface area contributed by atoms with E-state index in [9.17, 15) is 26.7 Å². The third kappa shape index (κ3) is 5.51. The zero-order valence-electron chi connectivity index (χ0n) is 15.4. The normalized spacial score (nSPS) is 18.3. The topological polar surface area (TPSA) is 66.4 Å². The summed E-state index contributed by atoms with van der Waals surface area (Å²) in [5.41, 5.74) is 2.63. The molecular formula is C20H21ClF3NO3S. The van der Waals surface area contributed by atoms with Crippen molar-refractivity contribution in [3.63, 3.8) is 0 Å². The van der Waals surface area contributed by atoms with Crippen molar-refractivity contribution in [1.29, 1.82) is 0 Å². The van der Waals surface area contributed by atoms with E-state index in [0.29, 0.717) is 24.3 Å². The number of sulfonamides is 1. The minimum Gasteiger partial charge on any atom is -0.384 e. The van der Waals surface area contributed by atoms with E-state index in [0.717, 1.165) is 16.7 Å². The van der Waals surface area contributed by atoms with Crippen molar-refractivity contribution in [1.82, 2.24) is 4.72 Å². The van der Waals surface area contributed by atoms with Gasteiger partial charge in [0.05, 0.1) is 4.90 Å². The third-order valence-corrected chi connectivity index (χ3v) is 6.88. The van der Waals surface area contributed by atoms with Gasteiger partial charge in [-0.05, 0) is 73.1 Å². The fourth-order valence-corrected chi connectivity index (χ4v) is 4.97. The molecule has 0 spiro atoms. The van der Waals surface area contributed by atoms with Crippen LogP contribution in [0.2, 0.25) is 5.02 Å². The lowest BCUT2D eigenvalue weighted by Crippen LogP contribution is -2.39. The summed E-state index contributed by atoms with van der Waals surface area (Å²) in [5, 5.41) is 9.68. The average Bonchev–Trinajstić information content (AvgIpc) is 2.65. The van der Waals surface area contributed by atoms with Gasteiger partial charge in [0.2, 0.25) is 10.0 Å². The van der Waals surface area contributed by atoms with Crippen molar-refractivity contribution >= 4 is 21.6 Å². The Hall–Kier alpha value is -1.61. The van der Waals surface area contributed by atoms with Gasteiger partial charge in [-0.2, -0.15) is 13.2 Å². The predicted molar refractivity (Wildman–Crippen MR) is 104 cm³/mol. The number of halogens is 4. The van der Waals surface area contributed by atoms with Gasteiger partial charge >= 0.3 is 6.18 Å². The molecular weight excluding hydrogens is 427 g/mol. The molecule has 0 saturated heterocycles. The lowest BCUT2D eigenvalue weighted by Gasteiger charge is -2.27. The first kappa shape index (κ1) is 22.1. The number of benzene rings is 2. The van der Waals surface area contributed by atoms with Gasteiger partial charge in [-0.3, -0.25) is 0 Å². The molecule has 0 amide bonds. The first-order valence-corrected chi connectivity index (χ1v) is 11.0. The summed E-state index contributed by atoms with van der Waals surface area (Å²) in [6.07, 6.45) is -5.70. The summed E-state index contributed by atoms with van der Waals surface area (Å²) in [4.78, 5) is 0.127. The average molecular weight is 448 g/mol. The van der Waals surface area contributed by atoms with Crippen LogP contribution in [0.5, 0.6) is 0 Å². The Balaban J connectivity index is 1.69. The molecule has 0 aromatic heterocycles. The summed E-state index contributed by atoms with van der Waals surface area (Å²) in [6, 6.07) is 11.0. The number of aryl methyl sites for hydroxylation is 1. The van der Waals surface area contributed by atoms with Gasteiger partial charge in [0.1, 0.15) is 6.10 Å². The quantitative estimate of drug-likeness (QED) is 0.702. The fourth-order valence-electron chi connectivity index (χ4n) is 3.58. The van der Waals surface area contributed by atoms with E-state index in [2.05, 4.69) is 4.72 Å². The van der Waals surface area contributed by atoms with E-state index in [1.807, 2.05) is 6.07 Å². The van der Waals surface area contributed by atoms with Crippen molar-refractivity contribution in [3.05, 3.63) is 64.2 Å². The van der Waals surface area contributed by atoms with Crippen molar-refractivity contribution in [2.24, 2.45) is 0 Å². The van der Waals surface area contributed by atoms with Crippen LogP contribution in [0.25, 0.3) is 0 Å². The van der Waals surface area contributed by atoms with Crippen LogP contribution in [-0.2, 0) is 29.3 Å². The Bertz CT molecular complexity index is 962. The molecule has 3 rings (SSSR count). The number of hydrogen-bond donors (Lipinski definition) is 2. The van der Waals surface area contributed by atoms with Crippen molar-refractivity contribution < 1.29 is 26.7 Å². The molecule has 0 heterocycles. The van der Waals surface area contributed by atoms with E-state index in [1.165, 1.54) is 24.3 Å². The lowest BCUT2D eigenvalue weighted by molar-refractivity contribution is -0.205. The zero-order valence-corrected chi connectivity index (χ0v) is 17.0. The van der Waals surface area contributed by atoms with Gasteiger partial charge in [0.15, 0.2) is 0 Å². The molecule has 2 atom stereocenters. The van der Waals surface area contributed by atoms with Crippen LogP contribution >= 0.6 is 11.6 Å². The Kier molecular flexibility index (Phi) is 6.57. The number of aliphatic hydroxyl groups excluding tert-OH is 1. The molecule has 158 valence electrons. The van der Waals surface area contributed by atoms with Crippen molar-refractivity contribution in [3.8, 4) is 0 Å². The van der Waals surface area contributed by atoms with E-state index in [1.54, 1.807) is 12.1 Å². The van der Waals surface area contributed by atoms with Gasteiger partial charge in [-0.1, -0.05) is 29.8 Å². The van der Waals surface area contributed by atoms with Gasteiger partial charge in [0, 0.05) is 11.1 Å². The Morgan fingerprint density at radius 3 is 2.52 bits per heavy atom.